The lowest BCUT2D eigenvalue weighted by Gasteiger charge is -2.42. The van der Waals surface area contributed by atoms with Gasteiger partial charge in [0.2, 0.25) is 0 Å². The van der Waals surface area contributed by atoms with E-state index in [9.17, 15) is 5.11 Å². The van der Waals surface area contributed by atoms with Gasteiger partial charge < -0.3 is 15.2 Å². The van der Waals surface area contributed by atoms with Gasteiger partial charge in [0.15, 0.2) is 0 Å². The minimum Gasteiger partial charge on any atom is -0.389 e. The average Bonchev–Trinajstić information content (AvgIpc) is 3.09. The molecule has 0 amide bonds. The molecule has 2 N–H and O–H groups in total. The molecule has 122 valence electrons. The topological polar surface area (TPSA) is 41.5 Å². The second-order valence-electron chi connectivity index (χ2n) is 8.67. The summed E-state index contributed by atoms with van der Waals surface area (Å²) in [5.41, 5.74) is 0.609. The van der Waals surface area contributed by atoms with Gasteiger partial charge in [-0.15, -0.1) is 0 Å². The van der Waals surface area contributed by atoms with Gasteiger partial charge in [0.05, 0.1) is 18.8 Å². The van der Waals surface area contributed by atoms with Gasteiger partial charge in [0.1, 0.15) is 0 Å². The fourth-order valence-electron chi connectivity index (χ4n) is 5.37. The van der Waals surface area contributed by atoms with Crippen LogP contribution in [0.15, 0.2) is 0 Å². The Balaban J connectivity index is 1.46. The van der Waals surface area contributed by atoms with Gasteiger partial charge in [0, 0.05) is 12.6 Å². The number of hydrogen-bond acceptors (Lipinski definition) is 3. The minimum atomic E-state index is -0.371. The van der Waals surface area contributed by atoms with Gasteiger partial charge >= 0.3 is 0 Å². The molecule has 0 unspecified atom stereocenters. The normalized spacial score (nSPS) is 40.0. The summed E-state index contributed by atoms with van der Waals surface area (Å²) >= 11 is 0. The summed E-state index contributed by atoms with van der Waals surface area (Å²) in [5, 5.41) is 13.7. The van der Waals surface area contributed by atoms with E-state index in [-0.39, 0.29) is 11.5 Å². The van der Waals surface area contributed by atoms with Crippen LogP contribution in [0.5, 0.6) is 0 Å². The first-order valence-electron chi connectivity index (χ1n) is 8.95. The van der Waals surface area contributed by atoms with E-state index < -0.39 is 0 Å². The zero-order chi connectivity index (χ0) is 15.1. The molecule has 0 heterocycles. The molecule has 21 heavy (non-hydrogen) atoms. The van der Waals surface area contributed by atoms with Crippen molar-refractivity contribution >= 4 is 0 Å². The summed E-state index contributed by atoms with van der Waals surface area (Å²) in [4.78, 5) is 0. The smallest absolute Gasteiger partial charge is 0.0897 e. The third kappa shape index (κ3) is 3.02. The molecule has 3 heteroatoms. The maximum absolute atomic E-state index is 10.2. The first-order chi connectivity index (χ1) is 9.92. The van der Waals surface area contributed by atoms with Gasteiger partial charge in [-0.2, -0.15) is 0 Å². The van der Waals surface area contributed by atoms with Crippen LogP contribution in [0.25, 0.3) is 0 Å². The number of nitrogens with one attached hydrogen (secondary N) is 1. The van der Waals surface area contributed by atoms with E-state index in [0.717, 1.165) is 5.92 Å². The molecule has 3 aliphatic rings. The first kappa shape index (κ1) is 15.8. The number of aliphatic hydroxyl groups excluding tert-OH is 1. The van der Waals surface area contributed by atoms with Crippen molar-refractivity contribution in [1.29, 1.82) is 0 Å². The molecule has 0 saturated heterocycles. The molecule has 3 saturated carbocycles. The highest BCUT2D eigenvalue weighted by molar-refractivity contribution is 5.09. The molecule has 3 aliphatic carbocycles. The average molecular weight is 295 g/mol. The van der Waals surface area contributed by atoms with Crippen LogP contribution in [0, 0.1) is 16.7 Å². The van der Waals surface area contributed by atoms with Gasteiger partial charge in [-0.3, -0.25) is 0 Å². The van der Waals surface area contributed by atoms with Crippen molar-refractivity contribution in [1.82, 2.24) is 5.32 Å². The molecular formula is C18H33NO2. The van der Waals surface area contributed by atoms with Crippen molar-refractivity contribution in [3.05, 3.63) is 0 Å². The lowest BCUT2D eigenvalue weighted by molar-refractivity contribution is -0.110. The summed E-state index contributed by atoms with van der Waals surface area (Å²) in [6.07, 6.45) is 9.10. The highest BCUT2D eigenvalue weighted by atomic mass is 16.5. The maximum atomic E-state index is 10.2. The molecule has 3 rings (SSSR count). The Morgan fingerprint density at radius 3 is 2.52 bits per heavy atom. The zero-order valence-corrected chi connectivity index (χ0v) is 14.0. The summed E-state index contributed by atoms with van der Waals surface area (Å²) in [6.45, 7) is 8.26. The molecule has 0 aromatic rings. The number of fused-ring (bicyclic) bond motifs is 2. The van der Waals surface area contributed by atoms with Gasteiger partial charge in [-0.05, 0) is 48.9 Å². The van der Waals surface area contributed by atoms with E-state index in [0.29, 0.717) is 30.7 Å². The van der Waals surface area contributed by atoms with Crippen LogP contribution in [0.3, 0.4) is 0 Å². The van der Waals surface area contributed by atoms with Crippen LogP contribution in [-0.4, -0.2) is 36.5 Å². The lowest BCUT2D eigenvalue weighted by atomic mass is 9.70. The van der Waals surface area contributed by atoms with E-state index in [2.05, 4.69) is 26.1 Å². The highest BCUT2D eigenvalue weighted by Gasteiger charge is 2.60. The zero-order valence-electron chi connectivity index (χ0n) is 14.0. The quantitative estimate of drug-likeness (QED) is 0.791. The molecule has 3 nitrogen and oxygen atoms in total. The molecule has 4 atom stereocenters. The van der Waals surface area contributed by atoms with Crippen molar-refractivity contribution in [2.75, 3.05) is 13.2 Å². The Labute approximate surface area is 129 Å². The summed E-state index contributed by atoms with van der Waals surface area (Å²) in [5.74, 6) is 0.807. The lowest BCUT2D eigenvalue weighted by Crippen LogP contribution is -2.45. The molecule has 3 fully saturated rings. The Morgan fingerprint density at radius 2 is 1.90 bits per heavy atom. The predicted octanol–water partition coefficient (Wildman–Crippen LogP) is 3.11. The fourth-order valence-corrected chi connectivity index (χ4v) is 5.37. The minimum absolute atomic E-state index is 0.269. The molecule has 0 aromatic carbocycles. The van der Waals surface area contributed by atoms with Crippen molar-refractivity contribution in [3.63, 3.8) is 0 Å². The van der Waals surface area contributed by atoms with E-state index in [1.165, 1.54) is 44.9 Å². The molecule has 2 bridgehead atoms. The van der Waals surface area contributed by atoms with Crippen LogP contribution in [0.1, 0.15) is 65.7 Å². The second-order valence-corrected chi connectivity index (χ2v) is 8.67. The standard InChI is InChI=1S/C18H33NO2/c1-17(2)13-8-9-18(3,10-13)16(17)21-12-15(20)11-19-14-6-4-5-7-14/h13-16,19-20H,4-12H2,1-3H3/t13-,15+,16+,18+/m0/s1. The summed E-state index contributed by atoms with van der Waals surface area (Å²) in [6, 6.07) is 0.621. The maximum Gasteiger partial charge on any atom is 0.0897 e. The molecule has 0 aliphatic heterocycles. The van der Waals surface area contributed by atoms with Crippen LogP contribution in [0.2, 0.25) is 0 Å². The van der Waals surface area contributed by atoms with Crippen LogP contribution < -0.4 is 5.32 Å². The van der Waals surface area contributed by atoms with Crippen LogP contribution in [0.4, 0.5) is 0 Å². The number of hydrogen-bond donors (Lipinski definition) is 2. The van der Waals surface area contributed by atoms with Crippen molar-refractivity contribution in [2.24, 2.45) is 16.7 Å². The highest BCUT2D eigenvalue weighted by Crippen LogP contribution is 2.63. The Kier molecular flexibility index (Phi) is 4.37. The summed E-state index contributed by atoms with van der Waals surface area (Å²) in [7, 11) is 0. The molecule has 0 spiro atoms. The van der Waals surface area contributed by atoms with E-state index in [4.69, 9.17) is 4.74 Å². The van der Waals surface area contributed by atoms with Gasteiger partial charge in [0.25, 0.3) is 0 Å². The first-order valence-corrected chi connectivity index (χ1v) is 8.95. The van der Waals surface area contributed by atoms with E-state index in [1.807, 2.05) is 0 Å². The third-order valence-electron chi connectivity index (χ3n) is 6.59. The van der Waals surface area contributed by atoms with Crippen molar-refractivity contribution in [2.45, 2.75) is 84.0 Å². The van der Waals surface area contributed by atoms with Gasteiger partial charge in [-0.25, -0.2) is 0 Å². The Morgan fingerprint density at radius 1 is 1.19 bits per heavy atom. The predicted molar refractivity (Wildman–Crippen MR) is 85.2 cm³/mol. The number of ether oxygens (including phenoxy) is 1. The number of rotatable bonds is 6. The van der Waals surface area contributed by atoms with Crippen LogP contribution >= 0.6 is 0 Å². The van der Waals surface area contributed by atoms with Crippen molar-refractivity contribution < 1.29 is 9.84 Å². The Hall–Kier alpha value is -0.120. The van der Waals surface area contributed by atoms with E-state index in [1.54, 1.807) is 0 Å². The molecule has 0 aromatic heterocycles. The SMILES string of the molecule is CC1(C)[C@H]2CC[C@](C)(C2)[C@@H]1OC[C@H](O)CNC1CCCC1. The third-order valence-corrected chi connectivity index (χ3v) is 6.59. The van der Waals surface area contributed by atoms with Crippen LogP contribution in [-0.2, 0) is 4.74 Å². The monoisotopic (exact) mass is 295 g/mol. The van der Waals surface area contributed by atoms with Gasteiger partial charge in [-0.1, -0.05) is 33.6 Å². The Bertz CT molecular complexity index is 359. The molecular weight excluding hydrogens is 262 g/mol. The fraction of sp³-hybridized carbons (Fsp3) is 1.00. The molecule has 0 radical (unpaired) electrons. The largest absolute Gasteiger partial charge is 0.389 e. The second kappa shape index (κ2) is 5.82. The number of aliphatic hydroxyl groups is 1. The van der Waals surface area contributed by atoms with E-state index >= 15 is 0 Å². The van der Waals surface area contributed by atoms with Crippen molar-refractivity contribution in [3.8, 4) is 0 Å². The summed E-state index contributed by atoms with van der Waals surface area (Å²) < 4.78 is 6.24.